The molecule has 5 heteroatoms. The average Bonchev–Trinajstić information content (AvgIpc) is 2.83. The van der Waals surface area contributed by atoms with E-state index in [1.54, 1.807) is 19.2 Å². The first kappa shape index (κ1) is 27.4. The highest BCUT2D eigenvalue weighted by atomic mass is 19.1. The van der Waals surface area contributed by atoms with Crippen LogP contribution < -0.4 is 4.74 Å². The van der Waals surface area contributed by atoms with Gasteiger partial charge >= 0.3 is 5.97 Å². The van der Waals surface area contributed by atoms with Gasteiger partial charge in [0, 0.05) is 12.7 Å². The minimum atomic E-state index is -0.797. The van der Waals surface area contributed by atoms with Crippen molar-refractivity contribution < 1.29 is 23.8 Å². The van der Waals surface area contributed by atoms with E-state index in [1.807, 2.05) is 48.5 Å². The molecular formula is C31H37FO4. The van der Waals surface area contributed by atoms with E-state index in [-0.39, 0.29) is 29.7 Å². The van der Waals surface area contributed by atoms with E-state index >= 15 is 0 Å². The molecule has 0 bridgehead atoms. The number of carboxylic acid groups (broad SMARTS) is 1. The fourth-order valence-corrected chi connectivity index (χ4v) is 4.76. The third-order valence-electron chi connectivity index (χ3n) is 6.38. The van der Waals surface area contributed by atoms with Gasteiger partial charge in [-0.25, -0.2) is 4.39 Å². The molecule has 1 N–H and O–H groups in total. The number of ether oxygens (including phenoxy) is 2. The molecule has 0 aromatic heterocycles. The molecule has 3 aromatic carbocycles. The summed E-state index contributed by atoms with van der Waals surface area (Å²) in [5.74, 6) is -0.421. The summed E-state index contributed by atoms with van der Waals surface area (Å²) in [5.41, 5.74) is 3.96. The summed E-state index contributed by atoms with van der Waals surface area (Å²) >= 11 is 0. The molecule has 0 aliphatic rings. The lowest BCUT2D eigenvalue weighted by atomic mass is 9.81. The lowest BCUT2D eigenvalue weighted by Gasteiger charge is -2.32. The second-order valence-electron chi connectivity index (χ2n) is 10.3. The first-order valence-corrected chi connectivity index (χ1v) is 12.5. The van der Waals surface area contributed by atoms with E-state index in [4.69, 9.17) is 9.47 Å². The van der Waals surface area contributed by atoms with Gasteiger partial charge < -0.3 is 14.6 Å². The third-order valence-corrected chi connectivity index (χ3v) is 6.38. The van der Waals surface area contributed by atoms with Crippen LogP contribution in [0.25, 0.3) is 11.1 Å². The van der Waals surface area contributed by atoms with Crippen LogP contribution in [0, 0.1) is 11.2 Å². The summed E-state index contributed by atoms with van der Waals surface area (Å²) in [4.78, 5) is 11.3. The first-order chi connectivity index (χ1) is 17.1. The van der Waals surface area contributed by atoms with E-state index in [2.05, 4.69) is 27.7 Å². The molecule has 192 valence electrons. The van der Waals surface area contributed by atoms with E-state index in [9.17, 15) is 14.3 Å². The fourth-order valence-electron chi connectivity index (χ4n) is 4.76. The molecule has 0 fully saturated rings. The molecule has 0 aliphatic heterocycles. The highest BCUT2D eigenvalue weighted by molar-refractivity contribution is 5.69. The Labute approximate surface area is 214 Å². The van der Waals surface area contributed by atoms with Crippen LogP contribution in [-0.2, 0) is 16.1 Å². The minimum Gasteiger partial charge on any atom is -0.489 e. The van der Waals surface area contributed by atoms with Gasteiger partial charge in [-0.05, 0) is 64.3 Å². The maximum atomic E-state index is 14.7. The Morgan fingerprint density at radius 1 is 1.00 bits per heavy atom. The van der Waals surface area contributed by atoms with E-state index in [0.29, 0.717) is 17.9 Å². The topological polar surface area (TPSA) is 55.8 Å². The van der Waals surface area contributed by atoms with Gasteiger partial charge in [0.25, 0.3) is 0 Å². The number of hydrogen-bond donors (Lipinski definition) is 1. The molecule has 0 unspecified atom stereocenters. The maximum absolute atomic E-state index is 14.7. The summed E-state index contributed by atoms with van der Waals surface area (Å²) in [6.07, 6.45) is 1.57. The molecule has 4 nitrogen and oxygen atoms in total. The Kier molecular flexibility index (Phi) is 9.27. The maximum Gasteiger partial charge on any atom is 0.303 e. The number of aliphatic carboxylic acids is 1. The molecule has 0 radical (unpaired) electrons. The number of carboxylic acids is 1. The molecule has 3 aromatic rings. The SMILES string of the molecule is CCC[C@@H](CC(=O)O)c1cccc(OCc2ccc(-c3ccccc3F)c([C@@H](OC)C(C)(C)C)c2)c1. The largest absolute Gasteiger partial charge is 0.489 e. The van der Waals surface area contributed by atoms with Gasteiger partial charge in [0.2, 0.25) is 0 Å². The number of methoxy groups -OCH3 is 1. The van der Waals surface area contributed by atoms with Crippen molar-refractivity contribution in [3.8, 4) is 16.9 Å². The van der Waals surface area contributed by atoms with Crippen LogP contribution in [0.3, 0.4) is 0 Å². The van der Waals surface area contributed by atoms with Gasteiger partial charge in [-0.3, -0.25) is 4.79 Å². The van der Waals surface area contributed by atoms with Crippen molar-refractivity contribution >= 4 is 5.97 Å². The predicted octanol–water partition coefficient (Wildman–Crippen LogP) is 8.16. The number of rotatable bonds is 11. The zero-order chi connectivity index (χ0) is 26.3. The van der Waals surface area contributed by atoms with E-state index in [1.165, 1.54) is 6.07 Å². The van der Waals surface area contributed by atoms with Gasteiger partial charge in [0.05, 0.1) is 12.5 Å². The lowest BCUT2D eigenvalue weighted by Crippen LogP contribution is -2.21. The van der Waals surface area contributed by atoms with Crippen molar-refractivity contribution in [2.24, 2.45) is 5.41 Å². The Bertz CT molecular complexity index is 1170. The van der Waals surface area contributed by atoms with Gasteiger partial charge in [-0.15, -0.1) is 0 Å². The van der Waals surface area contributed by atoms with Crippen LogP contribution in [0.4, 0.5) is 4.39 Å². The summed E-state index contributed by atoms with van der Waals surface area (Å²) in [6, 6.07) is 20.4. The summed E-state index contributed by atoms with van der Waals surface area (Å²) in [6.45, 7) is 8.69. The van der Waals surface area contributed by atoms with Gasteiger partial charge in [0.15, 0.2) is 0 Å². The number of carbonyl (C=O) groups is 1. The van der Waals surface area contributed by atoms with Crippen LogP contribution in [0.1, 0.15) is 75.7 Å². The molecule has 0 saturated heterocycles. The lowest BCUT2D eigenvalue weighted by molar-refractivity contribution is -0.137. The third kappa shape index (κ3) is 6.94. The molecule has 0 saturated carbocycles. The van der Waals surface area contributed by atoms with Gasteiger partial charge in [0.1, 0.15) is 18.2 Å². The molecule has 3 rings (SSSR count). The highest BCUT2D eigenvalue weighted by Crippen LogP contribution is 2.41. The van der Waals surface area contributed by atoms with E-state index in [0.717, 1.165) is 35.1 Å². The van der Waals surface area contributed by atoms with E-state index < -0.39 is 5.97 Å². The summed E-state index contributed by atoms with van der Waals surface area (Å²) < 4.78 is 26.8. The second kappa shape index (κ2) is 12.2. The Morgan fingerprint density at radius 3 is 2.39 bits per heavy atom. The predicted molar refractivity (Wildman–Crippen MR) is 142 cm³/mol. The zero-order valence-corrected chi connectivity index (χ0v) is 21.9. The fraction of sp³-hybridized carbons (Fsp3) is 0.387. The van der Waals surface area contributed by atoms with Crippen LogP contribution in [0.5, 0.6) is 5.75 Å². The number of hydrogen-bond acceptors (Lipinski definition) is 3. The van der Waals surface area contributed by atoms with Gasteiger partial charge in [-0.2, -0.15) is 0 Å². The van der Waals surface area contributed by atoms with Crippen molar-refractivity contribution in [3.63, 3.8) is 0 Å². The Hall–Kier alpha value is -3.18. The van der Waals surface area contributed by atoms with Crippen molar-refractivity contribution in [1.82, 2.24) is 0 Å². The smallest absolute Gasteiger partial charge is 0.303 e. The van der Waals surface area contributed by atoms with Crippen molar-refractivity contribution in [3.05, 3.63) is 89.2 Å². The van der Waals surface area contributed by atoms with Crippen LogP contribution in [-0.4, -0.2) is 18.2 Å². The molecule has 2 atom stereocenters. The highest BCUT2D eigenvalue weighted by Gasteiger charge is 2.29. The summed E-state index contributed by atoms with van der Waals surface area (Å²) in [7, 11) is 1.68. The monoisotopic (exact) mass is 492 g/mol. The molecule has 0 spiro atoms. The molecule has 0 amide bonds. The van der Waals surface area contributed by atoms with Crippen LogP contribution in [0.2, 0.25) is 0 Å². The van der Waals surface area contributed by atoms with Crippen molar-refractivity contribution in [1.29, 1.82) is 0 Å². The molecule has 36 heavy (non-hydrogen) atoms. The Morgan fingerprint density at radius 2 is 1.75 bits per heavy atom. The molecule has 0 aliphatic carbocycles. The standard InChI is InChI=1S/C31H37FO4/c1-6-10-22(19-29(33)34)23-11-9-12-24(18-23)36-20-21-15-16-25(26-13-7-8-14-28(26)32)27(17-21)30(35-5)31(2,3)4/h7-9,11-18,22,30H,6,10,19-20H2,1-5H3,(H,33,34)/t22-,30+/m0/s1. The van der Waals surface area contributed by atoms with Crippen molar-refractivity contribution in [2.75, 3.05) is 7.11 Å². The summed E-state index contributed by atoms with van der Waals surface area (Å²) in [5, 5.41) is 9.30. The molecule has 0 heterocycles. The second-order valence-corrected chi connectivity index (χ2v) is 10.3. The average molecular weight is 493 g/mol. The zero-order valence-electron chi connectivity index (χ0n) is 21.9. The number of halogens is 1. The van der Waals surface area contributed by atoms with Gasteiger partial charge in [-0.1, -0.05) is 76.6 Å². The van der Waals surface area contributed by atoms with Crippen LogP contribution in [0.15, 0.2) is 66.7 Å². The van der Waals surface area contributed by atoms with Crippen molar-refractivity contribution in [2.45, 2.75) is 65.6 Å². The normalized spacial score (nSPS) is 13.3. The van der Waals surface area contributed by atoms with Crippen LogP contribution >= 0.6 is 0 Å². The number of benzene rings is 3. The first-order valence-electron chi connectivity index (χ1n) is 12.5. The molecular weight excluding hydrogens is 455 g/mol. The Balaban J connectivity index is 1.91. The quantitative estimate of drug-likeness (QED) is 0.293. The minimum absolute atomic E-state index is 0.0445.